The number of likely N-dealkylation sites (tertiary alicyclic amines) is 1. The second-order valence-corrected chi connectivity index (χ2v) is 5.34. The quantitative estimate of drug-likeness (QED) is 0.709. The van der Waals surface area contributed by atoms with E-state index in [1.807, 2.05) is 0 Å². The highest BCUT2D eigenvalue weighted by Crippen LogP contribution is 2.26. The summed E-state index contributed by atoms with van der Waals surface area (Å²) in [5, 5.41) is 18.7. The summed E-state index contributed by atoms with van der Waals surface area (Å²) >= 11 is 0. The van der Waals surface area contributed by atoms with Crippen molar-refractivity contribution in [1.29, 1.82) is 0 Å². The molecule has 1 heterocycles. The third-order valence-electron chi connectivity index (χ3n) is 2.71. The molecule has 1 amide bonds. The molecule has 0 aromatic heterocycles. The van der Waals surface area contributed by atoms with Crippen LogP contribution >= 0.6 is 0 Å². The molecule has 0 saturated carbocycles. The molecule has 0 spiro atoms. The molecule has 6 nitrogen and oxygen atoms in total. The molecule has 2 N–H and O–H groups in total. The molecule has 1 saturated heterocycles. The summed E-state index contributed by atoms with van der Waals surface area (Å²) in [4.78, 5) is 23.9. The summed E-state index contributed by atoms with van der Waals surface area (Å²) in [6.45, 7) is 6.71. The minimum absolute atomic E-state index is 0.00690. The van der Waals surface area contributed by atoms with E-state index in [-0.39, 0.29) is 6.54 Å². The van der Waals surface area contributed by atoms with E-state index >= 15 is 0 Å². The van der Waals surface area contributed by atoms with Crippen LogP contribution in [0.1, 0.15) is 27.7 Å². The van der Waals surface area contributed by atoms with Gasteiger partial charge in [0.2, 0.25) is 0 Å². The Kier molecular flexibility index (Phi) is 3.66. The van der Waals surface area contributed by atoms with Gasteiger partial charge in [-0.05, 0) is 20.8 Å². The number of carbonyl (C=O) groups excluding carboxylic acids is 1. The van der Waals surface area contributed by atoms with Crippen molar-refractivity contribution in [2.45, 2.75) is 45.4 Å². The van der Waals surface area contributed by atoms with Gasteiger partial charge in [-0.3, -0.25) is 4.90 Å². The van der Waals surface area contributed by atoms with Gasteiger partial charge < -0.3 is 14.9 Å². The molecular formula is C11H19NO5. The molecule has 0 aliphatic carbocycles. The zero-order valence-electron chi connectivity index (χ0n) is 10.5. The van der Waals surface area contributed by atoms with Crippen LogP contribution < -0.4 is 0 Å². The Morgan fingerprint density at radius 2 is 1.88 bits per heavy atom. The summed E-state index contributed by atoms with van der Waals surface area (Å²) in [6, 6.07) is -1.03. The highest BCUT2D eigenvalue weighted by atomic mass is 16.6. The number of aliphatic carboxylic acids is 1. The fraction of sp³-hybridized carbons (Fsp3) is 0.818. The number of aliphatic hydroxyl groups excluding tert-OH is 1. The Bertz CT molecular complexity index is 322. The Morgan fingerprint density at radius 3 is 2.29 bits per heavy atom. The van der Waals surface area contributed by atoms with E-state index in [0.29, 0.717) is 0 Å². The SMILES string of the molecule is C[C@H]1[C@@H](C(=O)O)N(C(=O)OC(C)(C)C)C[C@@H]1O. The molecular weight excluding hydrogens is 226 g/mol. The molecule has 0 aromatic carbocycles. The number of nitrogens with zero attached hydrogens (tertiary/aromatic N) is 1. The van der Waals surface area contributed by atoms with Gasteiger partial charge in [0.1, 0.15) is 11.6 Å². The van der Waals surface area contributed by atoms with Gasteiger partial charge >= 0.3 is 12.1 Å². The van der Waals surface area contributed by atoms with E-state index in [2.05, 4.69) is 0 Å². The predicted octanol–water partition coefficient (Wildman–Crippen LogP) is 0.687. The first kappa shape index (κ1) is 13.8. The number of carboxylic acid groups (broad SMARTS) is 1. The fourth-order valence-electron chi connectivity index (χ4n) is 1.84. The van der Waals surface area contributed by atoms with Gasteiger partial charge in [0.05, 0.1) is 12.6 Å². The minimum atomic E-state index is -1.13. The van der Waals surface area contributed by atoms with Crippen molar-refractivity contribution in [3.05, 3.63) is 0 Å². The van der Waals surface area contributed by atoms with Crippen LogP contribution in [-0.2, 0) is 9.53 Å². The zero-order valence-corrected chi connectivity index (χ0v) is 10.5. The minimum Gasteiger partial charge on any atom is -0.480 e. The third-order valence-corrected chi connectivity index (χ3v) is 2.71. The van der Waals surface area contributed by atoms with Gasteiger partial charge in [-0.15, -0.1) is 0 Å². The summed E-state index contributed by atoms with van der Waals surface area (Å²) in [7, 11) is 0. The number of aliphatic hydroxyl groups is 1. The normalized spacial score (nSPS) is 29.2. The Balaban J connectivity index is 2.82. The molecule has 0 unspecified atom stereocenters. The molecule has 1 fully saturated rings. The fourth-order valence-corrected chi connectivity index (χ4v) is 1.84. The van der Waals surface area contributed by atoms with Crippen LogP contribution in [0.2, 0.25) is 0 Å². The number of hydrogen-bond donors (Lipinski definition) is 2. The molecule has 1 aliphatic heterocycles. The number of carboxylic acids is 1. The smallest absolute Gasteiger partial charge is 0.411 e. The number of ether oxygens (including phenoxy) is 1. The standard InChI is InChI=1S/C11H19NO5/c1-6-7(13)5-12(8(6)9(14)15)10(16)17-11(2,3)4/h6-8,13H,5H2,1-4H3,(H,14,15)/t6-,7+,8+/m1/s1. The maximum atomic E-state index is 11.8. The van der Waals surface area contributed by atoms with Crippen molar-refractivity contribution in [3.63, 3.8) is 0 Å². The number of hydrogen-bond acceptors (Lipinski definition) is 4. The van der Waals surface area contributed by atoms with Crippen molar-refractivity contribution < 1.29 is 24.5 Å². The lowest BCUT2D eigenvalue weighted by Gasteiger charge is -2.27. The molecule has 1 aliphatic rings. The van der Waals surface area contributed by atoms with Crippen LogP contribution in [0.15, 0.2) is 0 Å². The summed E-state index contributed by atoms with van der Waals surface area (Å²) in [6.07, 6.45) is -1.53. The molecule has 0 aromatic rings. The van der Waals surface area contributed by atoms with Crippen molar-refractivity contribution in [3.8, 4) is 0 Å². The second-order valence-electron chi connectivity index (χ2n) is 5.34. The molecule has 98 valence electrons. The predicted molar refractivity (Wildman–Crippen MR) is 59.5 cm³/mol. The lowest BCUT2D eigenvalue weighted by atomic mass is 10.0. The van der Waals surface area contributed by atoms with E-state index < -0.39 is 35.7 Å². The first-order valence-corrected chi connectivity index (χ1v) is 5.54. The van der Waals surface area contributed by atoms with Gasteiger partial charge in [-0.1, -0.05) is 6.92 Å². The van der Waals surface area contributed by atoms with E-state index in [1.54, 1.807) is 27.7 Å². The van der Waals surface area contributed by atoms with E-state index in [0.717, 1.165) is 4.90 Å². The van der Waals surface area contributed by atoms with Gasteiger partial charge in [0.25, 0.3) is 0 Å². The van der Waals surface area contributed by atoms with Crippen LogP contribution in [0.25, 0.3) is 0 Å². The number of β-amino-alcohol motifs (C(OH)–C–C–N with tert-alkyl or cyclic N) is 1. The van der Waals surface area contributed by atoms with E-state index in [9.17, 15) is 14.7 Å². The summed E-state index contributed by atoms with van der Waals surface area (Å²) in [5.41, 5.74) is -0.684. The summed E-state index contributed by atoms with van der Waals surface area (Å²) < 4.78 is 5.11. The lowest BCUT2D eigenvalue weighted by molar-refractivity contribution is -0.143. The van der Waals surface area contributed by atoms with Gasteiger partial charge in [0.15, 0.2) is 0 Å². The number of rotatable bonds is 1. The van der Waals surface area contributed by atoms with Crippen LogP contribution in [0.4, 0.5) is 4.79 Å². The molecule has 6 heteroatoms. The average molecular weight is 245 g/mol. The van der Waals surface area contributed by atoms with Crippen LogP contribution in [0.3, 0.4) is 0 Å². The van der Waals surface area contributed by atoms with Crippen LogP contribution in [-0.4, -0.2) is 51.5 Å². The number of amides is 1. The van der Waals surface area contributed by atoms with Crippen molar-refractivity contribution in [2.75, 3.05) is 6.54 Å². The van der Waals surface area contributed by atoms with Crippen LogP contribution in [0.5, 0.6) is 0 Å². The first-order valence-electron chi connectivity index (χ1n) is 5.54. The maximum absolute atomic E-state index is 11.8. The van der Waals surface area contributed by atoms with E-state index in [1.165, 1.54) is 0 Å². The van der Waals surface area contributed by atoms with Crippen molar-refractivity contribution >= 4 is 12.1 Å². The van der Waals surface area contributed by atoms with Gasteiger partial charge in [-0.25, -0.2) is 9.59 Å². The maximum Gasteiger partial charge on any atom is 0.411 e. The van der Waals surface area contributed by atoms with Crippen molar-refractivity contribution in [2.24, 2.45) is 5.92 Å². The Hall–Kier alpha value is -1.30. The molecule has 0 radical (unpaired) electrons. The molecule has 0 bridgehead atoms. The third kappa shape index (κ3) is 3.09. The van der Waals surface area contributed by atoms with E-state index in [4.69, 9.17) is 9.84 Å². The average Bonchev–Trinajstić information content (AvgIpc) is 2.40. The molecule has 3 atom stereocenters. The van der Waals surface area contributed by atoms with Gasteiger partial charge in [-0.2, -0.15) is 0 Å². The summed E-state index contributed by atoms with van der Waals surface area (Å²) in [5.74, 6) is -1.63. The van der Waals surface area contributed by atoms with Crippen molar-refractivity contribution in [1.82, 2.24) is 4.90 Å². The molecule has 17 heavy (non-hydrogen) atoms. The highest BCUT2D eigenvalue weighted by molar-refractivity contribution is 5.81. The first-order chi connectivity index (χ1) is 7.63. The Morgan fingerprint density at radius 1 is 1.35 bits per heavy atom. The Labute approximate surface area is 100 Å². The number of carbonyl (C=O) groups is 2. The monoisotopic (exact) mass is 245 g/mol. The van der Waals surface area contributed by atoms with Crippen LogP contribution in [0, 0.1) is 5.92 Å². The van der Waals surface area contributed by atoms with Gasteiger partial charge in [0, 0.05) is 5.92 Å². The largest absolute Gasteiger partial charge is 0.480 e. The molecule has 1 rings (SSSR count). The topological polar surface area (TPSA) is 87.1 Å². The highest BCUT2D eigenvalue weighted by Gasteiger charge is 2.46. The zero-order chi connectivity index (χ0) is 13.4. The lowest BCUT2D eigenvalue weighted by Crippen LogP contribution is -2.45. The second kappa shape index (κ2) is 4.52.